The lowest BCUT2D eigenvalue weighted by Gasteiger charge is -2.26. The van der Waals surface area contributed by atoms with Crippen LogP contribution in [0.4, 0.5) is 11.4 Å². The van der Waals surface area contributed by atoms with Gasteiger partial charge in [-0.1, -0.05) is 48.5 Å². The molecule has 1 radical (unpaired) electrons. The Hall–Kier alpha value is -2.25. The Morgan fingerprint density at radius 3 is 1.48 bits per heavy atom. The van der Waals surface area contributed by atoms with E-state index in [2.05, 4.69) is 0 Å². The molecule has 31 heavy (non-hydrogen) atoms. The van der Waals surface area contributed by atoms with E-state index in [1.807, 2.05) is 74.5 Å². The fourth-order valence-corrected chi connectivity index (χ4v) is 7.74. The molecule has 1 heterocycles. The number of rotatable bonds is 2. The van der Waals surface area contributed by atoms with Gasteiger partial charge in [-0.15, -0.1) is 0 Å². The maximum atomic E-state index is 12.5. The van der Waals surface area contributed by atoms with Gasteiger partial charge in [-0.25, -0.2) is 8.42 Å². The summed E-state index contributed by atoms with van der Waals surface area (Å²) in [6.07, 6.45) is 0. The lowest BCUT2D eigenvalue weighted by molar-refractivity contribution is 0.565. The van der Waals surface area contributed by atoms with Crippen LogP contribution >= 0.6 is 0 Å². The monoisotopic (exact) mass is 465 g/mol. The average Bonchev–Trinajstić information content (AvgIpc) is 2.90. The number of benzene rings is 4. The number of hydrogen-bond donors (Lipinski definition) is 2. The van der Waals surface area contributed by atoms with E-state index in [1.54, 1.807) is 0 Å². The summed E-state index contributed by atoms with van der Waals surface area (Å²) in [6.45, 7) is 3.82. The molecule has 0 fully saturated rings. The molecule has 2 unspecified atom stereocenters. The Balaban J connectivity index is 2.09. The Labute approximate surface area is 191 Å². The summed E-state index contributed by atoms with van der Waals surface area (Å²) in [5, 5.41) is 3.88. The Kier molecular flexibility index (Phi) is 5.14. The third-order valence-corrected chi connectivity index (χ3v) is 9.28. The van der Waals surface area contributed by atoms with Crippen LogP contribution in [0.15, 0.2) is 60.7 Å². The van der Waals surface area contributed by atoms with Crippen LogP contribution in [0.1, 0.15) is 11.1 Å². The number of hydrogen-bond acceptors (Lipinski definition) is 2. The molecular formula is C22H18AlN2O4S2. The van der Waals surface area contributed by atoms with Crippen molar-refractivity contribution in [1.82, 2.24) is 0 Å². The molecule has 5 rings (SSSR count). The predicted octanol–water partition coefficient (Wildman–Crippen LogP) is 4.71. The topological polar surface area (TPSA) is 81.1 Å². The van der Waals surface area contributed by atoms with Crippen molar-refractivity contribution in [2.75, 3.05) is 6.58 Å². The Morgan fingerprint density at radius 1 is 0.710 bits per heavy atom. The van der Waals surface area contributed by atoms with Crippen molar-refractivity contribution >= 4 is 71.1 Å². The van der Waals surface area contributed by atoms with Crippen LogP contribution < -0.4 is 6.58 Å². The maximum absolute atomic E-state index is 12.5. The summed E-state index contributed by atoms with van der Waals surface area (Å²) in [7, 11) is 0. The van der Waals surface area contributed by atoms with Gasteiger partial charge in [0.2, 0.25) is 22.5 Å². The number of nitrogens with zero attached hydrogens (tertiary/aromatic N) is 2. The first-order valence-corrected chi connectivity index (χ1v) is 12.7. The molecule has 155 valence electrons. The summed E-state index contributed by atoms with van der Waals surface area (Å²) in [4.78, 5) is 0. The minimum absolute atomic E-state index is 0.625. The highest BCUT2D eigenvalue weighted by molar-refractivity contribution is 7.85. The van der Waals surface area contributed by atoms with Crippen LogP contribution in [0, 0.1) is 13.8 Å². The fourth-order valence-electron chi connectivity index (χ4n) is 4.48. The van der Waals surface area contributed by atoms with Crippen molar-refractivity contribution in [3.8, 4) is 11.1 Å². The molecule has 0 amide bonds. The van der Waals surface area contributed by atoms with E-state index in [1.165, 1.54) is 6.58 Å². The second-order valence-corrected chi connectivity index (χ2v) is 11.2. The van der Waals surface area contributed by atoms with Gasteiger partial charge in [-0.3, -0.25) is 9.11 Å². The lowest BCUT2D eigenvalue weighted by Crippen LogP contribution is -2.43. The quantitative estimate of drug-likeness (QED) is 0.332. The minimum atomic E-state index is -2.36. The molecule has 0 spiro atoms. The van der Waals surface area contributed by atoms with Crippen LogP contribution in [0.2, 0.25) is 0 Å². The predicted molar refractivity (Wildman–Crippen MR) is 129 cm³/mol. The Morgan fingerprint density at radius 2 is 1.10 bits per heavy atom. The molecule has 0 saturated heterocycles. The van der Waals surface area contributed by atoms with Gasteiger partial charge in [0.1, 0.15) is 0 Å². The normalized spacial score (nSPS) is 15.2. The summed E-state index contributed by atoms with van der Waals surface area (Å²) >= 11 is -5.89. The molecular weight excluding hydrogens is 447 g/mol. The maximum Gasteiger partial charge on any atom is 0.585 e. The van der Waals surface area contributed by atoms with E-state index in [0.29, 0.717) is 11.4 Å². The molecule has 9 heteroatoms. The fraction of sp³-hybridized carbons (Fsp3) is 0.0909. The minimum Gasteiger partial charge on any atom is -0.344 e. The molecule has 0 bridgehead atoms. The van der Waals surface area contributed by atoms with E-state index in [4.69, 9.17) is 0 Å². The molecule has 2 N–H and O–H groups in total. The van der Waals surface area contributed by atoms with Crippen LogP contribution in [-0.4, -0.2) is 33.2 Å². The van der Waals surface area contributed by atoms with Gasteiger partial charge >= 0.3 is 15.7 Å². The third-order valence-electron chi connectivity index (χ3n) is 5.66. The van der Waals surface area contributed by atoms with Crippen molar-refractivity contribution in [3.05, 3.63) is 71.8 Å². The molecule has 1 aliphatic heterocycles. The zero-order valence-corrected chi connectivity index (χ0v) is 19.6. The van der Waals surface area contributed by atoms with Crippen molar-refractivity contribution in [2.45, 2.75) is 13.8 Å². The second kappa shape index (κ2) is 7.71. The third kappa shape index (κ3) is 3.21. The van der Waals surface area contributed by atoms with Crippen molar-refractivity contribution < 1.29 is 17.5 Å². The highest BCUT2D eigenvalue weighted by Crippen LogP contribution is 2.50. The Bertz CT molecular complexity index is 1320. The van der Waals surface area contributed by atoms with E-state index >= 15 is 0 Å². The molecule has 0 saturated carbocycles. The first kappa shape index (κ1) is 20.6. The van der Waals surface area contributed by atoms with Gasteiger partial charge in [0.25, 0.3) is 0 Å². The largest absolute Gasteiger partial charge is 0.585 e. The van der Waals surface area contributed by atoms with Gasteiger partial charge in [0.05, 0.1) is 0 Å². The number of anilines is 2. The number of fused-ring (bicyclic) bond motifs is 7. The van der Waals surface area contributed by atoms with Crippen molar-refractivity contribution in [2.24, 2.45) is 0 Å². The first-order chi connectivity index (χ1) is 14.9. The zero-order chi connectivity index (χ0) is 21.9. The first-order valence-electron chi connectivity index (χ1n) is 9.59. The molecule has 1 aliphatic rings. The van der Waals surface area contributed by atoms with Crippen molar-refractivity contribution in [1.29, 1.82) is 0 Å². The van der Waals surface area contributed by atoms with Crippen molar-refractivity contribution in [3.63, 3.8) is 0 Å². The molecule has 4 aromatic carbocycles. The van der Waals surface area contributed by atoms with Crippen LogP contribution in [-0.2, 0) is 22.5 Å². The van der Waals surface area contributed by atoms with Gasteiger partial charge in [-0.05, 0) is 58.7 Å². The molecule has 2 atom stereocenters. The molecule has 0 aliphatic carbocycles. The van der Waals surface area contributed by atoms with Gasteiger partial charge in [0.15, 0.2) is 0 Å². The van der Waals surface area contributed by atoms with E-state index < -0.39 is 38.2 Å². The standard InChI is InChI=1S/C22H18N2O4S2.Al/c1-13-11-15-7-3-5-9-17(15)19(21(13)23-29(25)26)20-18-10-6-4-8-16(18)12-14(2)22(20)24-30(27)28;/h3-12H,1-2H3,(H,25,26)(H,27,28);/q-2;+2. The average molecular weight is 466 g/mol. The number of aryl methyl sites for hydroxylation is 2. The van der Waals surface area contributed by atoms with Crippen LogP contribution in [0.25, 0.3) is 32.7 Å². The van der Waals surface area contributed by atoms with Gasteiger partial charge in [0, 0.05) is 22.5 Å². The summed E-state index contributed by atoms with van der Waals surface area (Å²) < 4.78 is 48.1. The van der Waals surface area contributed by atoms with E-state index in [0.717, 1.165) is 43.8 Å². The molecule has 0 aromatic heterocycles. The van der Waals surface area contributed by atoms with E-state index in [9.17, 15) is 17.5 Å². The molecule has 6 nitrogen and oxygen atoms in total. The van der Waals surface area contributed by atoms with Gasteiger partial charge < -0.3 is 6.58 Å². The SMILES string of the molecule is Cc1cc2ccccc2c2c1[N](S(=O)O)[Al][N](S(=O)O)c1c(C)cc3ccccc3c1-2. The van der Waals surface area contributed by atoms with Crippen LogP contribution in [0.5, 0.6) is 0 Å². The van der Waals surface area contributed by atoms with Crippen LogP contribution in [0.3, 0.4) is 0 Å². The lowest BCUT2D eigenvalue weighted by atomic mass is 9.88. The van der Waals surface area contributed by atoms with Gasteiger partial charge in [-0.2, -0.15) is 0 Å². The van der Waals surface area contributed by atoms with E-state index in [-0.39, 0.29) is 0 Å². The second-order valence-electron chi connectivity index (χ2n) is 7.50. The summed E-state index contributed by atoms with van der Waals surface area (Å²) in [5.74, 6) is 0. The highest BCUT2D eigenvalue weighted by atomic mass is 32.2. The summed E-state index contributed by atoms with van der Waals surface area (Å²) in [6, 6.07) is 19.8. The highest BCUT2D eigenvalue weighted by Gasteiger charge is 2.36. The smallest absolute Gasteiger partial charge is 0.344 e. The molecule has 4 aromatic rings. The zero-order valence-electron chi connectivity index (χ0n) is 16.8. The summed E-state index contributed by atoms with van der Waals surface area (Å²) in [5.41, 5.74) is 4.55.